The molecule has 0 spiro atoms. The Morgan fingerprint density at radius 2 is 1.71 bits per heavy atom. The summed E-state index contributed by atoms with van der Waals surface area (Å²) >= 11 is 0. The number of fused-ring (bicyclic) bond motifs is 1. The van der Waals surface area contributed by atoms with Gasteiger partial charge in [-0.3, -0.25) is 4.79 Å². The van der Waals surface area contributed by atoms with Crippen LogP contribution in [0.5, 0.6) is 17.2 Å². The number of nitrogens with zero attached hydrogens (tertiary/aromatic N) is 5. The van der Waals surface area contributed by atoms with Crippen LogP contribution in [-0.4, -0.2) is 87.8 Å². The van der Waals surface area contributed by atoms with Crippen LogP contribution in [0.15, 0.2) is 16.9 Å². The van der Waals surface area contributed by atoms with Crippen molar-refractivity contribution in [2.24, 2.45) is 0 Å². The van der Waals surface area contributed by atoms with Gasteiger partial charge in [-0.15, -0.1) is 0 Å². The molecule has 1 saturated heterocycles. The minimum absolute atomic E-state index is 0.202. The number of rotatable bonds is 11. The number of aromatic amines is 1. The molecule has 3 heterocycles. The number of nitrogens with one attached hydrogen (secondary N) is 1. The second kappa shape index (κ2) is 12.3. The number of hydrogen-bond donors (Lipinski definition) is 1. The molecule has 12 heteroatoms. The van der Waals surface area contributed by atoms with Crippen molar-refractivity contribution in [3.63, 3.8) is 0 Å². The first kappa shape index (κ1) is 27.4. The van der Waals surface area contributed by atoms with Crippen LogP contribution in [0.1, 0.15) is 24.2 Å². The van der Waals surface area contributed by atoms with Crippen molar-refractivity contribution >= 4 is 22.8 Å². The maximum atomic E-state index is 13.0. The minimum atomic E-state index is -0.306. The molecule has 0 radical (unpaired) electrons. The Labute approximate surface area is 221 Å². The first-order valence-electron chi connectivity index (χ1n) is 12.5. The summed E-state index contributed by atoms with van der Waals surface area (Å²) in [6, 6.07) is 3.74. The van der Waals surface area contributed by atoms with Gasteiger partial charge in [-0.25, -0.2) is 9.97 Å². The van der Waals surface area contributed by atoms with Gasteiger partial charge in [-0.1, -0.05) is 0 Å². The minimum Gasteiger partial charge on any atom is -0.493 e. The van der Waals surface area contributed by atoms with E-state index < -0.39 is 0 Å². The van der Waals surface area contributed by atoms with E-state index in [-0.39, 0.29) is 17.2 Å². The van der Waals surface area contributed by atoms with Gasteiger partial charge in [0.2, 0.25) is 11.7 Å². The quantitative estimate of drug-likeness (QED) is 0.394. The third-order valence-corrected chi connectivity index (χ3v) is 6.71. The summed E-state index contributed by atoms with van der Waals surface area (Å²) in [5.74, 6) is 3.15. The molecule has 0 unspecified atom stereocenters. The van der Waals surface area contributed by atoms with Crippen molar-refractivity contribution in [3.05, 3.63) is 33.9 Å². The lowest BCUT2D eigenvalue weighted by Gasteiger charge is -2.33. The number of ether oxygens (including phenoxy) is 5. The van der Waals surface area contributed by atoms with Crippen molar-refractivity contribution in [2.45, 2.75) is 32.4 Å². The zero-order valence-corrected chi connectivity index (χ0v) is 22.9. The number of piperidine rings is 1. The third kappa shape index (κ3) is 5.60. The monoisotopic (exact) mass is 528 g/mol. The second-order valence-electron chi connectivity index (χ2n) is 9.03. The summed E-state index contributed by atoms with van der Waals surface area (Å²) in [4.78, 5) is 34.2. The van der Waals surface area contributed by atoms with E-state index in [4.69, 9.17) is 28.7 Å². The largest absolute Gasteiger partial charge is 0.493 e. The predicted octanol–water partition coefficient (Wildman–Crippen LogP) is 2.32. The summed E-state index contributed by atoms with van der Waals surface area (Å²) in [6.45, 7) is 4.50. The highest BCUT2D eigenvalue weighted by Gasteiger charge is 2.26. The lowest BCUT2D eigenvalue weighted by atomic mass is 10.1. The summed E-state index contributed by atoms with van der Waals surface area (Å²) in [6.07, 6.45) is 1.92. The van der Waals surface area contributed by atoms with Crippen molar-refractivity contribution in [1.82, 2.24) is 19.9 Å². The highest BCUT2D eigenvalue weighted by atomic mass is 16.5. The van der Waals surface area contributed by atoms with E-state index in [9.17, 15) is 4.79 Å². The summed E-state index contributed by atoms with van der Waals surface area (Å²) < 4.78 is 27.6. The number of H-pyrrole nitrogens is 1. The fourth-order valence-electron chi connectivity index (χ4n) is 4.72. The van der Waals surface area contributed by atoms with E-state index in [0.717, 1.165) is 31.5 Å². The zero-order valence-electron chi connectivity index (χ0n) is 22.9. The summed E-state index contributed by atoms with van der Waals surface area (Å²) in [5.41, 5.74) is 1.26. The van der Waals surface area contributed by atoms with Gasteiger partial charge in [0.05, 0.1) is 34.0 Å². The predicted molar refractivity (Wildman–Crippen MR) is 144 cm³/mol. The maximum Gasteiger partial charge on any atom is 0.277 e. The number of anilines is 2. The van der Waals surface area contributed by atoms with Gasteiger partial charge in [0.25, 0.3) is 5.56 Å². The van der Waals surface area contributed by atoms with Crippen molar-refractivity contribution in [2.75, 3.05) is 71.6 Å². The normalized spacial score (nSPS) is 14.1. The van der Waals surface area contributed by atoms with Crippen LogP contribution in [0, 0.1) is 6.92 Å². The van der Waals surface area contributed by atoms with Gasteiger partial charge in [0.15, 0.2) is 22.8 Å². The highest BCUT2D eigenvalue weighted by Crippen LogP contribution is 2.40. The molecule has 0 amide bonds. The van der Waals surface area contributed by atoms with E-state index in [1.165, 1.54) is 0 Å². The van der Waals surface area contributed by atoms with E-state index in [1.807, 2.05) is 17.0 Å². The Kier molecular flexibility index (Phi) is 8.85. The van der Waals surface area contributed by atoms with Crippen LogP contribution in [0.4, 0.5) is 11.8 Å². The Bertz CT molecular complexity index is 1310. The lowest BCUT2D eigenvalue weighted by Crippen LogP contribution is -2.38. The second-order valence-corrected chi connectivity index (χ2v) is 9.03. The van der Waals surface area contributed by atoms with Crippen LogP contribution >= 0.6 is 0 Å². The summed E-state index contributed by atoms with van der Waals surface area (Å²) in [5, 5.41) is 0. The number of aromatic nitrogens is 4. The van der Waals surface area contributed by atoms with E-state index in [0.29, 0.717) is 60.1 Å². The number of aryl methyl sites for hydroxylation is 1. The fraction of sp³-hybridized carbons (Fsp3) is 0.538. The Hall–Kier alpha value is -3.64. The molecule has 1 aromatic carbocycles. The average molecular weight is 529 g/mol. The number of methoxy groups -OCH3 is 5. The maximum absolute atomic E-state index is 13.0. The molecule has 38 heavy (non-hydrogen) atoms. The van der Waals surface area contributed by atoms with Crippen LogP contribution in [0.2, 0.25) is 0 Å². The van der Waals surface area contributed by atoms with Crippen LogP contribution in [0.25, 0.3) is 11.0 Å². The Balaban J connectivity index is 1.82. The third-order valence-electron chi connectivity index (χ3n) is 6.71. The molecule has 4 rings (SSSR count). The molecule has 1 aliphatic heterocycles. The van der Waals surface area contributed by atoms with Gasteiger partial charge in [-0.05, 0) is 31.9 Å². The molecular formula is C26H36N6O6. The number of benzene rings is 1. The van der Waals surface area contributed by atoms with E-state index >= 15 is 0 Å². The lowest BCUT2D eigenvalue weighted by molar-refractivity contribution is 0.0818. The van der Waals surface area contributed by atoms with Crippen LogP contribution in [0.3, 0.4) is 0 Å². The fourth-order valence-corrected chi connectivity index (χ4v) is 4.72. The standard InChI is InChI=1S/C26H36N6O6/c1-16-27-20-21(25(33)28-16)29-26(30-24(20)31-11-9-18(35-3)10-12-31)32(13-14-34-2)15-17-7-8-19(36-4)23(38-6)22(17)37-5/h7-8,18H,9-15H2,1-6H3,(H,27,28,33). The van der Waals surface area contributed by atoms with Gasteiger partial charge in [0, 0.05) is 46.0 Å². The molecule has 1 N–H and O–H groups in total. The molecule has 1 aliphatic rings. The first-order chi connectivity index (χ1) is 18.4. The molecule has 12 nitrogen and oxygen atoms in total. The molecule has 0 aliphatic carbocycles. The average Bonchev–Trinajstić information content (AvgIpc) is 2.94. The Morgan fingerprint density at radius 3 is 2.34 bits per heavy atom. The van der Waals surface area contributed by atoms with Gasteiger partial charge >= 0.3 is 0 Å². The van der Waals surface area contributed by atoms with Crippen LogP contribution < -0.4 is 29.6 Å². The molecule has 0 saturated carbocycles. The van der Waals surface area contributed by atoms with E-state index in [1.54, 1.807) is 42.5 Å². The molecule has 0 bridgehead atoms. The van der Waals surface area contributed by atoms with Gasteiger partial charge in [0.1, 0.15) is 11.3 Å². The smallest absolute Gasteiger partial charge is 0.277 e. The zero-order chi connectivity index (χ0) is 27.2. The summed E-state index contributed by atoms with van der Waals surface area (Å²) in [7, 11) is 8.11. The molecule has 3 aromatic rings. The van der Waals surface area contributed by atoms with Crippen LogP contribution in [-0.2, 0) is 16.0 Å². The molecular weight excluding hydrogens is 492 g/mol. The van der Waals surface area contributed by atoms with Gasteiger partial charge in [-0.2, -0.15) is 4.98 Å². The topological polar surface area (TPSA) is 124 Å². The van der Waals surface area contributed by atoms with Crippen molar-refractivity contribution in [1.29, 1.82) is 0 Å². The van der Waals surface area contributed by atoms with Gasteiger partial charge < -0.3 is 38.5 Å². The SMILES string of the molecule is COCCN(Cc1ccc(OC)c(OC)c1OC)c1nc(N2CCC(OC)CC2)c2nc(C)[nH]c(=O)c2n1. The molecule has 2 aromatic heterocycles. The molecule has 1 fully saturated rings. The van der Waals surface area contributed by atoms with E-state index in [2.05, 4.69) is 19.9 Å². The molecule has 206 valence electrons. The Morgan fingerprint density at radius 1 is 0.974 bits per heavy atom. The first-order valence-corrected chi connectivity index (χ1v) is 12.5. The molecule has 0 atom stereocenters. The number of hydrogen-bond acceptors (Lipinski definition) is 11. The van der Waals surface area contributed by atoms with Crippen molar-refractivity contribution < 1.29 is 23.7 Å². The van der Waals surface area contributed by atoms with Crippen molar-refractivity contribution in [3.8, 4) is 17.2 Å². The highest BCUT2D eigenvalue weighted by molar-refractivity contribution is 5.86.